The molecule has 0 saturated heterocycles. The minimum atomic E-state index is -0.00282. The first-order valence-corrected chi connectivity index (χ1v) is 4.60. The van der Waals surface area contributed by atoms with Crippen molar-refractivity contribution in [3.8, 4) is 0 Å². The molecule has 0 amide bonds. The summed E-state index contributed by atoms with van der Waals surface area (Å²) in [5.41, 5.74) is 2.50. The van der Waals surface area contributed by atoms with E-state index in [0.717, 1.165) is 21.1 Å². The maximum absolute atomic E-state index is 9.11. The molecule has 5 heteroatoms. The predicted octanol–water partition coefficient (Wildman–Crippen LogP) is 1.22. The van der Waals surface area contributed by atoms with E-state index in [2.05, 4.69) is 26.2 Å². The fraction of sp³-hybridized carbons (Fsp3) is 0.250. The summed E-state index contributed by atoms with van der Waals surface area (Å²) in [6, 6.07) is 3.74. The molecule has 2 aromatic rings. The van der Waals surface area contributed by atoms with E-state index in [9.17, 15) is 0 Å². The average Bonchev–Trinajstić information content (AvgIpc) is 2.46. The molecule has 1 N–H and O–H groups in total. The quantitative estimate of drug-likeness (QED) is 0.818. The number of fused-ring (bicyclic) bond motifs is 1. The molecule has 0 radical (unpaired) electrons. The molecule has 4 nitrogen and oxygen atoms in total. The fourth-order valence-electron chi connectivity index (χ4n) is 1.37. The lowest BCUT2D eigenvalue weighted by molar-refractivity contribution is 0.282. The molecule has 0 aliphatic heterocycles. The van der Waals surface area contributed by atoms with Gasteiger partial charge < -0.3 is 5.11 Å². The van der Waals surface area contributed by atoms with Gasteiger partial charge in [-0.3, -0.25) is 0 Å². The van der Waals surface area contributed by atoms with Crippen LogP contribution in [0.1, 0.15) is 5.56 Å². The van der Waals surface area contributed by atoms with Gasteiger partial charge in [0.2, 0.25) is 0 Å². The number of aryl methyl sites for hydroxylation is 1. The molecule has 13 heavy (non-hydrogen) atoms. The topological polar surface area (TPSA) is 50.9 Å². The number of benzene rings is 1. The van der Waals surface area contributed by atoms with Crippen LogP contribution in [0.3, 0.4) is 0 Å². The maximum atomic E-state index is 9.11. The largest absolute Gasteiger partial charge is 0.392 e. The summed E-state index contributed by atoms with van der Waals surface area (Å²) in [7, 11) is 1.81. The zero-order valence-corrected chi connectivity index (χ0v) is 8.61. The molecule has 0 fully saturated rings. The van der Waals surface area contributed by atoms with Crippen LogP contribution in [0.25, 0.3) is 11.0 Å². The lowest BCUT2D eigenvalue weighted by Gasteiger charge is -2.00. The van der Waals surface area contributed by atoms with Crippen molar-refractivity contribution in [3.63, 3.8) is 0 Å². The Kier molecular flexibility index (Phi) is 2.05. The van der Waals surface area contributed by atoms with Crippen molar-refractivity contribution < 1.29 is 5.11 Å². The highest BCUT2D eigenvalue weighted by Crippen LogP contribution is 2.22. The lowest BCUT2D eigenvalue weighted by Crippen LogP contribution is -1.94. The number of halogens is 1. The SMILES string of the molecule is Cn1nnc2cc(Br)cc(CO)c21. The number of rotatable bonds is 1. The number of hydrogen-bond donors (Lipinski definition) is 1. The van der Waals surface area contributed by atoms with Crippen LogP contribution in [0.15, 0.2) is 16.6 Å². The van der Waals surface area contributed by atoms with Gasteiger partial charge in [0.1, 0.15) is 5.52 Å². The van der Waals surface area contributed by atoms with Gasteiger partial charge in [-0.05, 0) is 12.1 Å². The summed E-state index contributed by atoms with van der Waals surface area (Å²) in [6.07, 6.45) is 0. The van der Waals surface area contributed by atoms with Crippen LogP contribution >= 0.6 is 15.9 Å². The van der Waals surface area contributed by atoms with Gasteiger partial charge in [-0.15, -0.1) is 5.10 Å². The Hall–Kier alpha value is -0.940. The molecule has 0 spiro atoms. The Morgan fingerprint density at radius 2 is 2.31 bits per heavy atom. The van der Waals surface area contributed by atoms with Crippen molar-refractivity contribution in [2.45, 2.75) is 6.61 Å². The highest BCUT2D eigenvalue weighted by Gasteiger charge is 2.07. The highest BCUT2D eigenvalue weighted by molar-refractivity contribution is 9.10. The van der Waals surface area contributed by atoms with Gasteiger partial charge in [0, 0.05) is 17.1 Å². The number of aliphatic hydroxyl groups is 1. The van der Waals surface area contributed by atoms with Gasteiger partial charge in [-0.25, -0.2) is 4.68 Å². The molecule has 0 aliphatic rings. The van der Waals surface area contributed by atoms with Crippen LogP contribution in [0, 0.1) is 0 Å². The number of aromatic nitrogens is 3. The van der Waals surface area contributed by atoms with Gasteiger partial charge in [0.15, 0.2) is 0 Å². The van der Waals surface area contributed by atoms with Crippen molar-refractivity contribution in [2.24, 2.45) is 7.05 Å². The minimum absolute atomic E-state index is 0.00282. The molecule has 1 aromatic carbocycles. The molecule has 0 saturated carbocycles. The molecule has 0 aliphatic carbocycles. The second-order valence-electron chi connectivity index (χ2n) is 2.80. The fourth-order valence-corrected chi connectivity index (χ4v) is 1.86. The van der Waals surface area contributed by atoms with E-state index >= 15 is 0 Å². The van der Waals surface area contributed by atoms with Crippen LogP contribution in [-0.2, 0) is 13.7 Å². The van der Waals surface area contributed by atoms with E-state index in [1.165, 1.54) is 0 Å². The third-order valence-electron chi connectivity index (χ3n) is 1.91. The smallest absolute Gasteiger partial charge is 0.114 e. The van der Waals surface area contributed by atoms with Crippen molar-refractivity contribution in [1.29, 1.82) is 0 Å². The Morgan fingerprint density at radius 1 is 1.54 bits per heavy atom. The van der Waals surface area contributed by atoms with Gasteiger partial charge in [-0.1, -0.05) is 21.1 Å². The molecular weight excluding hydrogens is 234 g/mol. The maximum Gasteiger partial charge on any atom is 0.114 e. The van der Waals surface area contributed by atoms with Gasteiger partial charge >= 0.3 is 0 Å². The first-order valence-electron chi connectivity index (χ1n) is 3.81. The second kappa shape index (κ2) is 3.08. The second-order valence-corrected chi connectivity index (χ2v) is 3.72. The standard InChI is InChI=1S/C8H8BrN3O/c1-12-8-5(4-13)2-6(9)3-7(8)10-11-12/h2-3,13H,4H2,1H3. The molecule has 1 aromatic heterocycles. The molecular formula is C8H8BrN3O. The van der Waals surface area contributed by atoms with Crippen LogP contribution < -0.4 is 0 Å². The van der Waals surface area contributed by atoms with Crippen LogP contribution in [0.2, 0.25) is 0 Å². The molecule has 0 atom stereocenters. The molecule has 1 heterocycles. The van der Waals surface area contributed by atoms with Crippen molar-refractivity contribution in [1.82, 2.24) is 15.0 Å². The number of aliphatic hydroxyl groups excluding tert-OH is 1. The van der Waals surface area contributed by atoms with E-state index in [-0.39, 0.29) is 6.61 Å². The summed E-state index contributed by atoms with van der Waals surface area (Å²) < 4.78 is 2.57. The summed E-state index contributed by atoms with van der Waals surface area (Å²) in [4.78, 5) is 0. The van der Waals surface area contributed by atoms with Crippen LogP contribution in [0.4, 0.5) is 0 Å². The minimum Gasteiger partial charge on any atom is -0.392 e. The Balaban J connectivity index is 2.85. The zero-order valence-electron chi connectivity index (χ0n) is 7.03. The van der Waals surface area contributed by atoms with E-state index in [1.54, 1.807) is 4.68 Å². The van der Waals surface area contributed by atoms with E-state index in [1.807, 2.05) is 19.2 Å². The van der Waals surface area contributed by atoms with Crippen LogP contribution in [-0.4, -0.2) is 20.1 Å². The molecule has 2 rings (SSSR count). The van der Waals surface area contributed by atoms with Gasteiger partial charge in [0.05, 0.1) is 12.1 Å². The molecule has 0 bridgehead atoms. The predicted molar refractivity (Wildman–Crippen MR) is 52.1 cm³/mol. The van der Waals surface area contributed by atoms with Crippen molar-refractivity contribution in [2.75, 3.05) is 0 Å². The van der Waals surface area contributed by atoms with E-state index < -0.39 is 0 Å². The normalized spacial score (nSPS) is 11.0. The average molecular weight is 242 g/mol. The monoisotopic (exact) mass is 241 g/mol. The third-order valence-corrected chi connectivity index (χ3v) is 2.37. The van der Waals surface area contributed by atoms with Crippen LogP contribution in [0.5, 0.6) is 0 Å². The summed E-state index contributed by atoms with van der Waals surface area (Å²) in [5.74, 6) is 0. The third kappa shape index (κ3) is 1.34. The Morgan fingerprint density at radius 3 is 3.00 bits per heavy atom. The first kappa shape index (κ1) is 8.65. The first-order chi connectivity index (χ1) is 6.22. The molecule has 68 valence electrons. The summed E-state index contributed by atoms with van der Waals surface area (Å²) >= 11 is 3.35. The van der Waals surface area contributed by atoms with Crippen molar-refractivity contribution >= 4 is 27.0 Å². The Labute approximate surface area is 83.3 Å². The number of nitrogens with zero attached hydrogens (tertiary/aromatic N) is 3. The van der Waals surface area contributed by atoms with E-state index in [4.69, 9.17) is 5.11 Å². The van der Waals surface area contributed by atoms with Gasteiger partial charge in [-0.2, -0.15) is 0 Å². The zero-order chi connectivity index (χ0) is 9.42. The summed E-state index contributed by atoms with van der Waals surface area (Å²) in [5, 5.41) is 17.0. The number of hydrogen-bond acceptors (Lipinski definition) is 3. The Bertz CT molecular complexity index is 452. The van der Waals surface area contributed by atoms with Crippen molar-refractivity contribution in [3.05, 3.63) is 22.2 Å². The highest BCUT2D eigenvalue weighted by atomic mass is 79.9. The van der Waals surface area contributed by atoms with E-state index in [0.29, 0.717) is 0 Å². The lowest BCUT2D eigenvalue weighted by atomic mass is 10.2. The van der Waals surface area contributed by atoms with Gasteiger partial charge in [0.25, 0.3) is 0 Å². The summed E-state index contributed by atoms with van der Waals surface area (Å²) in [6.45, 7) is -0.00282. The molecule has 0 unspecified atom stereocenters.